The molecule has 2 aromatic carbocycles. The highest BCUT2D eigenvalue weighted by molar-refractivity contribution is 7.90. The standard InChI is InChI=1S/C19H24N2O2S/c1-16-11-13-21(14-12-16)24(22,23)20-19-9-7-18(8-10-19)15-17-5-3-2-4-6-17/h2-10,16,20H,11-15H2,1H3. The maximum Gasteiger partial charge on any atom is 0.301 e. The number of anilines is 1. The third-order valence-corrected chi connectivity index (χ3v) is 6.07. The van der Waals surface area contributed by atoms with Gasteiger partial charge in [0.25, 0.3) is 0 Å². The molecule has 0 spiro atoms. The van der Waals surface area contributed by atoms with Gasteiger partial charge in [0, 0.05) is 18.8 Å². The van der Waals surface area contributed by atoms with Crippen molar-refractivity contribution in [3.05, 3.63) is 65.7 Å². The van der Waals surface area contributed by atoms with E-state index in [0.717, 1.165) is 24.8 Å². The van der Waals surface area contributed by atoms with Crippen molar-refractivity contribution in [3.8, 4) is 0 Å². The van der Waals surface area contributed by atoms with Crippen LogP contribution in [0, 0.1) is 5.92 Å². The lowest BCUT2D eigenvalue weighted by molar-refractivity contribution is 0.289. The fourth-order valence-electron chi connectivity index (χ4n) is 2.96. The molecule has 1 aliphatic heterocycles. The molecule has 1 saturated heterocycles. The first-order valence-electron chi connectivity index (χ1n) is 8.44. The molecule has 1 N–H and O–H groups in total. The lowest BCUT2D eigenvalue weighted by Crippen LogP contribution is -2.41. The quantitative estimate of drug-likeness (QED) is 0.900. The van der Waals surface area contributed by atoms with Crippen molar-refractivity contribution in [1.29, 1.82) is 0 Å². The molecule has 2 aromatic rings. The molecule has 24 heavy (non-hydrogen) atoms. The van der Waals surface area contributed by atoms with Gasteiger partial charge in [-0.2, -0.15) is 12.7 Å². The SMILES string of the molecule is CC1CCN(S(=O)(=O)Nc2ccc(Cc3ccccc3)cc2)CC1. The van der Waals surface area contributed by atoms with Crippen LogP contribution in [0.4, 0.5) is 5.69 Å². The third kappa shape index (κ3) is 4.36. The van der Waals surface area contributed by atoms with E-state index >= 15 is 0 Å². The van der Waals surface area contributed by atoms with Gasteiger partial charge in [0.1, 0.15) is 0 Å². The first kappa shape index (κ1) is 17.0. The summed E-state index contributed by atoms with van der Waals surface area (Å²) in [6.45, 7) is 3.37. The normalized spacial score (nSPS) is 16.9. The predicted octanol–water partition coefficient (Wildman–Crippen LogP) is 3.67. The average molecular weight is 344 g/mol. The molecule has 0 atom stereocenters. The van der Waals surface area contributed by atoms with Crippen LogP contribution in [0.5, 0.6) is 0 Å². The molecule has 1 fully saturated rings. The second-order valence-corrected chi connectivity index (χ2v) is 8.22. The summed E-state index contributed by atoms with van der Waals surface area (Å²) in [5.74, 6) is 0.605. The second-order valence-electron chi connectivity index (χ2n) is 6.55. The van der Waals surface area contributed by atoms with E-state index < -0.39 is 10.2 Å². The minimum absolute atomic E-state index is 0.600. The number of hydrogen-bond acceptors (Lipinski definition) is 2. The van der Waals surface area contributed by atoms with Crippen molar-refractivity contribution in [2.75, 3.05) is 17.8 Å². The van der Waals surface area contributed by atoms with E-state index in [0.29, 0.717) is 24.7 Å². The Labute approximate surface area is 144 Å². The maximum absolute atomic E-state index is 12.5. The van der Waals surface area contributed by atoms with Gasteiger partial charge in [0.2, 0.25) is 0 Å². The van der Waals surface area contributed by atoms with Gasteiger partial charge in [-0.1, -0.05) is 49.4 Å². The van der Waals surface area contributed by atoms with Gasteiger partial charge in [0.05, 0.1) is 0 Å². The van der Waals surface area contributed by atoms with Crippen LogP contribution in [-0.4, -0.2) is 25.8 Å². The first-order chi connectivity index (χ1) is 11.5. The first-order valence-corrected chi connectivity index (χ1v) is 9.88. The number of nitrogens with one attached hydrogen (secondary N) is 1. The summed E-state index contributed by atoms with van der Waals surface area (Å²) in [6, 6.07) is 17.9. The molecule has 5 heteroatoms. The van der Waals surface area contributed by atoms with Gasteiger partial charge in [0.15, 0.2) is 0 Å². The Kier molecular flexibility index (Phi) is 5.21. The minimum atomic E-state index is -3.45. The Hall–Kier alpha value is -1.85. The summed E-state index contributed by atoms with van der Waals surface area (Å²) < 4.78 is 29.1. The molecule has 0 bridgehead atoms. The highest BCUT2D eigenvalue weighted by atomic mass is 32.2. The van der Waals surface area contributed by atoms with Crippen LogP contribution >= 0.6 is 0 Å². The van der Waals surface area contributed by atoms with Crippen molar-refractivity contribution in [1.82, 2.24) is 4.31 Å². The summed E-state index contributed by atoms with van der Waals surface area (Å²) in [5, 5.41) is 0. The number of piperidine rings is 1. The van der Waals surface area contributed by atoms with Crippen LogP contribution in [0.25, 0.3) is 0 Å². The van der Waals surface area contributed by atoms with E-state index in [1.807, 2.05) is 42.5 Å². The van der Waals surface area contributed by atoms with E-state index in [1.165, 1.54) is 5.56 Å². The highest BCUT2D eigenvalue weighted by Crippen LogP contribution is 2.21. The Morgan fingerprint density at radius 2 is 1.54 bits per heavy atom. The monoisotopic (exact) mass is 344 g/mol. The number of nitrogens with zero attached hydrogens (tertiary/aromatic N) is 1. The van der Waals surface area contributed by atoms with Gasteiger partial charge in [-0.05, 0) is 48.4 Å². The van der Waals surface area contributed by atoms with Crippen molar-refractivity contribution in [2.45, 2.75) is 26.2 Å². The Morgan fingerprint density at radius 1 is 0.958 bits per heavy atom. The Morgan fingerprint density at radius 3 is 2.17 bits per heavy atom. The fraction of sp³-hybridized carbons (Fsp3) is 0.368. The molecule has 0 aliphatic carbocycles. The topological polar surface area (TPSA) is 49.4 Å². The van der Waals surface area contributed by atoms with Crippen LogP contribution in [0.15, 0.2) is 54.6 Å². The largest absolute Gasteiger partial charge is 0.301 e. The number of benzene rings is 2. The van der Waals surface area contributed by atoms with Gasteiger partial charge in [-0.3, -0.25) is 4.72 Å². The summed E-state index contributed by atoms with van der Waals surface area (Å²) in [5.41, 5.74) is 3.02. The zero-order valence-electron chi connectivity index (χ0n) is 14.0. The lowest BCUT2D eigenvalue weighted by Gasteiger charge is -2.29. The van der Waals surface area contributed by atoms with Crippen molar-refractivity contribution >= 4 is 15.9 Å². The van der Waals surface area contributed by atoms with Gasteiger partial charge in [-0.25, -0.2) is 0 Å². The third-order valence-electron chi connectivity index (χ3n) is 4.53. The van der Waals surface area contributed by atoms with E-state index in [9.17, 15) is 8.42 Å². The van der Waals surface area contributed by atoms with Crippen molar-refractivity contribution in [2.24, 2.45) is 5.92 Å². The van der Waals surface area contributed by atoms with E-state index in [2.05, 4.69) is 23.8 Å². The molecule has 0 amide bonds. The Balaban J connectivity index is 1.63. The fourth-order valence-corrected chi connectivity index (χ4v) is 4.22. The van der Waals surface area contributed by atoms with Gasteiger partial charge < -0.3 is 0 Å². The van der Waals surface area contributed by atoms with Crippen LogP contribution in [0.1, 0.15) is 30.9 Å². The molecule has 0 unspecified atom stereocenters. The van der Waals surface area contributed by atoms with Gasteiger partial charge >= 0.3 is 10.2 Å². The summed E-state index contributed by atoms with van der Waals surface area (Å²) in [7, 11) is -3.45. The van der Waals surface area contributed by atoms with Crippen LogP contribution in [-0.2, 0) is 16.6 Å². The molecule has 0 radical (unpaired) electrons. The van der Waals surface area contributed by atoms with Crippen molar-refractivity contribution in [3.63, 3.8) is 0 Å². The molecular weight excluding hydrogens is 320 g/mol. The lowest BCUT2D eigenvalue weighted by atomic mass is 10.0. The van der Waals surface area contributed by atoms with E-state index in [1.54, 1.807) is 4.31 Å². The smallest absolute Gasteiger partial charge is 0.271 e. The summed E-state index contributed by atoms with van der Waals surface area (Å²) >= 11 is 0. The minimum Gasteiger partial charge on any atom is -0.271 e. The molecule has 3 rings (SSSR count). The van der Waals surface area contributed by atoms with Gasteiger partial charge in [-0.15, -0.1) is 0 Å². The molecule has 1 heterocycles. The summed E-state index contributed by atoms with van der Waals surface area (Å²) in [6.07, 6.45) is 2.70. The van der Waals surface area contributed by atoms with E-state index in [4.69, 9.17) is 0 Å². The molecule has 1 aliphatic rings. The molecule has 128 valence electrons. The zero-order chi connectivity index (χ0) is 17.0. The molecule has 0 saturated carbocycles. The maximum atomic E-state index is 12.5. The highest BCUT2D eigenvalue weighted by Gasteiger charge is 2.26. The molecule has 4 nitrogen and oxygen atoms in total. The average Bonchev–Trinajstić information content (AvgIpc) is 2.58. The molecule has 0 aromatic heterocycles. The predicted molar refractivity (Wildman–Crippen MR) is 98.2 cm³/mol. The van der Waals surface area contributed by atoms with Crippen LogP contribution in [0.2, 0.25) is 0 Å². The zero-order valence-corrected chi connectivity index (χ0v) is 14.8. The summed E-state index contributed by atoms with van der Waals surface area (Å²) in [4.78, 5) is 0. The Bertz CT molecular complexity index is 750. The second kappa shape index (κ2) is 7.36. The van der Waals surface area contributed by atoms with Crippen LogP contribution < -0.4 is 4.72 Å². The number of hydrogen-bond donors (Lipinski definition) is 1. The van der Waals surface area contributed by atoms with Crippen LogP contribution in [0.3, 0.4) is 0 Å². The van der Waals surface area contributed by atoms with E-state index in [-0.39, 0.29) is 0 Å². The molecular formula is C19H24N2O2S. The number of rotatable bonds is 5. The van der Waals surface area contributed by atoms with Crippen molar-refractivity contribution < 1.29 is 8.42 Å².